The second-order valence-electron chi connectivity index (χ2n) is 5.23. The van der Waals surface area contributed by atoms with Gasteiger partial charge in [-0.1, -0.05) is 5.16 Å². The normalized spacial score (nSPS) is 12.4. The molecule has 24 heavy (non-hydrogen) atoms. The number of nitrogens with zero attached hydrogens (tertiary/aromatic N) is 2. The number of methoxy groups -OCH3 is 3. The fraction of sp³-hybridized carbons (Fsp3) is 0.412. The van der Waals surface area contributed by atoms with Crippen LogP contribution >= 0.6 is 0 Å². The molecule has 1 unspecified atom stereocenters. The van der Waals surface area contributed by atoms with E-state index in [-0.39, 0.29) is 6.04 Å². The van der Waals surface area contributed by atoms with Gasteiger partial charge in [0.05, 0.1) is 21.3 Å². The lowest BCUT2D eigenvalue weighted by molar-refractivity contribution is 0.348. The lowest BCUT2D eigenvalue weighted by Gasteiger charge is -2.11. The summed E-state index contributed by atoms with van der Waals surface area (Å²) >= 11 is 0. The fourth-order valence-electron chi connectivity index (χ4n) is 2.14. The Bertz CT molecular complexity index is 697. The largest absolute Gasteiger partial charge is 0.496 e. The molecule has 0 aliphatic carbocycles. The number of benzene rings is 1. The van der Waals surface area contributed by atoms with Crippen LogP contribution in [0.15, 0.2) is 16.7 Å². The summed E-state index contributed by atoms with van der Waals surface area (Å²) in [4.78, 5) is 4.34. The van der Waals surface area contributed by atoms with Gasteiger partial charge < -0.3 is 24.1 Å². The van der Waals surface area contributed by atoms with E-state index in [0.717, 1.165) is 5.56 Å². The van der Waals surface area contributed by atoms with Crippen molar-refractivity contribution in [1.29, 1.82) is 0 Å². The smallest absolute Gasteiger partial charge is 0.250 e. The molecule has 0 spiro atoms. The topological polar surface area (TPSA) is 78.6 Å². The van der Waals surface area contributed by atoms with Gasteiger partial charge in [0, 0.05) is 30.2 Å². The highest BCUT2D eigenvalue weighted by molar-refractivity contribution is 5.72. The van der Waals surface area contributed by atoms with Gasteiger partial charge in [-0.3, -0.25) is 0 Å². The molecule has 0 aliphatic heterocycles. The summed E-state index contributed by atoms with van der Waals surface area (Å²) in [6, 6.07) is 3.88. The van der Waals surface area contributed by atoms with E-state index in [1.54, 1.807) is 33.5 Å². The van der Waals surface area contributed by atoms with Crippen LogP contribution < -0.4 is 19.5 Å². The minimum absolute atomic E-state index is 0.283. The molecule has 7 nitrogen and oxygen atoms in total. The molecule has 2 rings (SSSR count). The first-order valence-corrected chi connectivity index (χ1v) is 7.59. The van der Waals surface area contributed by atoms with Crippen molar-refractivity contribution < 1.29 is 18.7 Å². The molecule has 0 amide bonds. The van der Waals surface area contributed by atoms with Crippen LogP contribution in [-0.4, -0.2) is 44.6 Å². The standard InChI is InChI=1S/C17H23N3O4/c1-11(18-2)8-16-19-17(24-20-16)7-6-12-9-14(22-4)15(23-5)10-13(12)21-3/h6-7,9-11,18H,8H2,1-5H3/b7-6+. The van der Waals surface area contributed by atoms with E-state index in [9.17, 15) is 0 Å². The zero-order chi connectivity index (χ0) is 17.5. The second kappa shape index (κ2) is 8.35. The number of likely N-dealkylation sites (N-methyl/N-ethyl adjacent to an activating group) is 1. The van der Waals surface area contributed by atoms with Crippen LogP contribution in [0.2, 0.25) is 0 Å². The van der Waals surface area contributed by atoms with Gasteiger partial charge in [-0.25, -0.2) is 0 Å². The van der Waals surface area contributed by atoms with E-state index >= 15 is 0 Å². The summed E-state index contributed by atoms with van der Waals surface area (Å²) < 4.78 is 21.2. The Labute approximate surface area is 141 Å². The van der Waals surface area contributed by atoms with Gasteiger partial charge in [0.1, 0.15) is 5.75 Å². The van der Waals surface area contributed by atoms with Gasteiger partial charge in [-0.2, -0.15) is 4.98 Å². The van der Waals surface area contributed by atoms with Crippen LogP contribution in [-0.2, 0) is 6.42 Å². The highest BCUT2D eigenvalue weighted by atomic mass is 16.5. The molecule has 0 bridgehead atoms. The third kappa shape index (κ3) is 4.26. The summed E-state index contributed by atoms with van der Waals surface area (Å²) in [6.07, 6.45) is 4.28. The highest BCUT2D eigenvalue weighted by Gasteiger charge is 2.11. The summed E-state index contributed by atoms with van der Waals surface area (Å²) in [7, 11) is 6.67. The average molecular weight is 333 g/mol. The Hall–Kier alpha value is -2.54. The van der Waals surface area contributed by atoms with Crippen LogP contribution in [0.4, 0.5) is 0 Å². The van der Waals surface area contributed by atoms with E-state index in [4.69, 9.17) is 18.7 Å². The maximum absolute atomic E-state index is 5.39. The van der Waals surface area contributed by atoms with E-state index in [0.29, 0.717) is 35.4 Å². The third-order valence-electron chi connectivity index (χ3n) is 3.61. The van der Waals surface area contributed by atoms with E-state index in [2.05, 4.69) is 22.4 Å². The fourth-order valence-corrected chi connectivity index (χ4v) is 2.14. The first-order chi connectivity index (χ1) is 11.6. The monoisotopic (exact) mass is 333 g/mol. The number of nitrogens with one attached hydrogen (secondary N) is 1. The molecule has 2 aromatic rings. The molecular formula is C17H23N3O4. The van der Waals surface area contributed by atoms with Crippen molar-refractivity contribution in [2.45, 2.75) is 19.4 Å². The SMILES string of the molecule is CNC(C)Cc1noc(/C=C/c2cc(OC)c(OC)cc2OC)n1. The molecule has 0 saturated heterocycles. The molecule has 1 atom stereocenters. The van der Waals surface area contributed by atoms with Crippen molar-refractivity contribution in [3.63, 3.8) is 0 Å². The Balaban J connectivity index is 2.22. The molecule has 1 heterocycles. The quantitative estimate of drug-likeness (QED) is 0.794. The van der Waals surface area contributed by atoms with Crippen LogP contribution in [0, 0.1) is 0 Å². The summed E-state index contributed by atoms with van der Waals surface area (Å²) in [5.41, 5.74) is 0.818. The minimum atomic E-state index is 0.283. The van der Waals surface area contributed by atoms with Gasteiger partial charge in [-0.05, 0) is 26.1 Å². The van der Waals surface area contributed by atoms with Crippen molar-refractivity contribution in [1.82, 2.24) is 15.5 Å². The molecule has 0 saturated carbocycles. The summed E-state index contributed by atoms with van der Waals surface area (Å²) in [5, 5.41) is 7.10. The number of hydrogen-bond acceptors (Lipinski definition) is 7. The summed E-state index contributed by atoms with van der Waals surface area (Å²) in [5.74, 6) is 2.98. The minimum Gasteiger partial charge on any atom is -0.496 e. The zero-order valence-corrected chi connectivity index (χ0v) is 14.6. The van der Waals surface area contributed by atoms with Crippen molar-refractivity contribution >= 4 is 12.2 Å². The van der Waals surface area contributed by atoms with Gasteiger partial charge in [0.2, 0.25) is 0 Å². The highest BCUT2D eigenvalue weighted by Crippen LogP contribution is 2.35. The maximum Gasteiger partial charge on any atom is 0.250 e. The second-order valence-corrected chi connectivity index (χ2v) is 5.23. The molecule has 0 fully saturated rings. The molecule has 7 heteroatoms. The summed E-state index contributed by atoms with van der Waals surface area (Å²) in [6.45, 7) is 2.06. The first kappa shape index (κ1) is 17.8. The van der Waals surface area contributed by atoms with Crippen LogP contribution in [0.5, 0.6) is 17.2 Å². The lowest BCUT2D eigenvalue weighted by atomic mass is 10.1. The van der Waals surface area contributed by atoms with Gasteiger partial charge in [-0.15, -0.1) is 0 Å². The number of hydrogen-bond donors (Lipinski definition) is 1. The van der Waals surface area contributed by atoms with Crippen molar-refractivity contribution in [3.05, 3.63) is 29.4 Å². The van der Waals surface area contributed by atoms with E-state index < -0.39 is 0 Å². The zero-order valence-electron chi connectivity index (χ0n) is 14.6. The lowest BCUT2D eigenvalue weighted by Crippen LogP contribution is -2.24. The third-order valence-corrected chi connectivity index (χ3v) is 3.61. The first-order valence-electron chi connectivity index (χ1n) is 7.59. The van der Waals surface area contributed by atoms with Gasteiger partial charge in [0.25, 0.3) is 5.89 Å². The molecule has 1 aromatic carbocycles. The maximum atomic E-state index is 5.39. The van der Waals surface area contributed by atoms with Crippen LogP contribution in [0.3, 0.4) is 0 Å². The van der Waals surface area contributed by atoms with Crippen LogP contribution in [0.25, 0.3) is 12.2 Å². The molecule has 0 aliphatic rings. The van der Waals surface area contributed by atoms with Crippen molar-refractivity contribution in [2.24, 2.45) is 0 Å². The van der Waals surface area contributed by atoms with E-state index in [1.165, 1.54) is 0 Å². The molecule has 130 valence electrons. The van der Waals surface area contributed by atoms with Gasteiger partial charge >= 0.3 is 0 Å². The molecular weight excluding hydrogens is 310 g/mol. The predicted molar refractivity (Wildman–Crippen MR) is 91.5 cm³/mol. The number of ether oxygens (including phenoxy) is 3. The molecule has 1 N–H and O–H groups in total. The Morgan fingerprint density at radius 2 is 1.75 bits per heavy atom. The van der Waals surface area contributed by atoms with E-state index in [1.807, 2.05) is 19.2 Å². The Morgan fingerprint density at radius 3 is 2.38 bits per heavy atom. The predicted octanol–water partition coefficient (Wildman–Crippen LogP) is 2.42. The molecule has 1 aromatic heterocycles. The van der Waals surface area contributed by atoms with Crippen molar-refractivity contribution in [2.75, 3.05) is 28.4 Å². The number of aromatic nitrogens is 2. The average Bonchev–Trinajstić information content (AvgIpc) is 3.06. The van der Waals surface area contributed by atoms with Crippen molar-refractivity contribution in [3.8, 4) is 17.2 Å². The Kier molecular flexibility index (Phi) is 6.20. The molecule has 0 radical (unpaired) electrons. The Morgan fingerprint density at radius 1 is 1.08 bits per heavy atom. The number of rotatable bonds is 8. The van der Waals surface area contributed by atoms with Gasteiger partial charge in [0.15, 0.2) is 17.3 Å². The van der Waals surface area contributed by atoms with Crippen LogP contribution in [0.1, 0.15) is 24.2 Å².